The van der Waals surface area contributed by atoms with E-state index in [1.54, 1.807) is 12.1 Å². The molecule has 2 aromatic carbocycles. The van der Waals surface area contributed by atoms with Gasteiger partial charge in [-0.3, -0.25) is 9.59 Å². The van der Waals surface area contributed by atoms with Crippen LogP contribution in [0.25, 0.3) is 10.9 Å². The molecule has 1 amide bonds. The molecule has 0 atom stereocenters. The summed E-state index contributed by atoms with van der Waals surface area (Å²) in [6.07, 6.45) is 1.03. The topological polar surface area (TPSA) is 82.2 Å². The Bertz CT molecular complexity index is 1590. The van der Waals surface area contributed by atoms with E-state index in [0.717, 1.165) is 6.20 Å². The lowest BCUT2D eigenvalue weighted by Crippen LogP contribution is -2.25. The second-order valence-corrected chi connectivity index (χ2v) is 6.82. The van der Waals surface area contributed by atoms with Gasteiger partial charge >= 0.3 is 0 Å². The second-order valence-electron chi connectivity index (χ2n) is 6.82. The zero-order valence-electron chi connectivity index (χ0n) is 30.3. The first-order valence-corrected chi connectivity index (χ1v) is 8.44. The number of hydrogen-bond acceptors (Lipinski definition) is 3. The van der Waals surface area contributed by atoms with E-state index in [4.69, 9.17) is 20.6 Å². The summed E-state index contributed by atoms with van der Waals surface area (Å²) < 4.78 is 121. The summed E-state index contributed by atoms with van der Waals surface area (Å²) in [6, 6.07) is 6.97. The van der Waals surface area contributed by atoms with Crippen LogP contribution in [0.1, 0.15) is 83.2 Å². The van der Waals surface area contributed by atoms with Crippen LogP contribution < -0.4 is 10.7 Å². The number of carbonyl (C=O) groups is 1. The number of H-pyrrole nitrogens is 1. The number of fused-ring (bicyclic) bond motifs is 1. The monoisotopic (exact) mass is 407 g/mol. The highest BCUT2D eigenvalue weighted by Gasteiger charge is 2.26. The lowest BCUT2D eigenvalue weighted by atomic mass is 9.79. The molecule has 3 rings (SSSR count). The fourth-order valence-corrected chi connectivity index (χ4v) is 2.93. The lowest BCUT2D eigenvalue weighted by Gasteiger charge is -2.28. The number of amides is 1. The number of rotatable bonds is 2. The van der Waals surface area contributed by atoms with Gasteiger partial charge in [-0.2, -0.15) is 0 Å². The van der Waals surface area contributed by atoms with Crippen LogP contribution in [0.2, 0.25) is 0 Å². The fraction of sp³-hybridized carbons (Fsp3) is 0.333. The molecule has 0 bridgehead atoms. The van der Waals surface area contributed by atoms with Gasteiger partial charge in [0, 0.05) is 49.4 Å². The molecule has 1 aromatic heterocycles. The Balaban J connectivity index is 2.49. The molecule has 0 aliphatic carbocycles. The van der Waals surface area contributed by atoms with Crippen LogP contribution in [0.4, 0.5) is 5.69 Å². The zero-order valence-corrected chi connectivity index (χ0v) is 15.3. The van der Waals surface area contributed by atoms with Crippen molar-refractivity contribution >= 4 is 22.5 Å². The lowest BCUT2D eigenvalue weighted by molar-refractivity contribution is 0.102. The van der Waals surface area contributed by atoms with Crippen molar-refractivity contribution in [3.05, 3.63) is 69.5 Å². The third-order valence-corrected chi connectivity index (χ3v) is 4.36. The van der Waals surface area contributed by atoms with E-state index in [-0.39, 0.29) is 5.39 Å². The average molecular weight is 408 g/mol. The molecular formula is C24H28N2O3. The van der Waals surface area contributed by atoms with Crippen molar-refractivity contribution in [3.63, 3.8) is 0 Å². The normalized spacial score (nSPS) is 22.0. The maximum atomic E-state index is 13.4. The molecule has 0 aliphatic heterocycles. The zero-order chi connectivity index (χ0) is 34.1. The van der Waals surface area contributed by atoms with E-state index in [0.29, 0.717) is 24.6 Å². The Morgan fingerprint density at radius 2 is 1.76 bits per heavy atom. The van der Waals surface area contributed by atoms with E-state index in [9.17, 15) is 14.7 Å². The van der Waals surface area contributed by atoms with Gasteiger partial charge in [-0.1, -0.05) is 53.3 Å². The number of hydrogen-bond donors (Lipinski definition) is 3. The second kappa shape index (κ2) is 7.07. The van der Waals surface area contributed by atoms with Gasteiger partial charge in [0.25, 0.3) is 5.91 Å². The Hall–Kier alpha value is -3.08. The summed E-state index contributed by atoms with van der Waals surface area (Å²) in [5, 5.41) is 13.3. The van der Waals surface area contributed by atoms with E-state index >= 15 is 0 Å². The SMILES string of the molecule is [2H]C([2H])([2H])C(C)(c1cc(C(C([2H])([2H])[2H])(C([2H])([2H])[2H])C([2H])([2H])[2H])c(O)cc1NC(=O)c1c[nH]c2ccccc2c1=O)C([2H])([2H])[2H]. The molecule has 5 nitrogen and oxygen atoms in total. The van der Waals surface area contributed by atoms with Crippen LogP contribution >= 0.6 is 0 Å². The summed E-state index contributed by atoms with van der Waals surface area (Å²) in [4.78, 5) is 29.1. The standard InChI is InChI=1S/C24H28N2O3/c1-23(2,3)16-11-17(24(4,5)6)20(27)12-19(16)26-22(29)15-13-25-18-10-8-7-9-14(18)21(15)28/h7-13,27H,1-6H3,(H,25,28)(H,26,29)/i1D3,2D3,4D3,5D3,6D3. The molecule has 29 heavy (non-hydrogen) atoms. The van der Waals surface area contributed by atoms with Gasteiger partial charge in [-0.15, -0.1) is 0 Å². The summed E-state index contributed by atoms with van der Waals surface area (Å²) in [6.45, 7) is -18.0. The maximum absolute atomic E-state index is 13.4. The van der Waals surface area contributed by atoms with E-state index in [1.165, 1.54) is 12.1 Å². The van der Waals surface area contributed by atoms with Gasteiger partial charge < -0.3 is 15.4 Å². The molecule has 0 fully saturated rings. The predicted octanol–water partition coefficient (Wildman–Crippen LogP) is 5.08. The van der Waals surface area contributed by atoms with Crippen molar-refractivity contribution in [1.29, 1.82) is 0 Å². The van der Waals surface area contributed by atoms with E-state index < -0.39 is 84.6 Å². The van der Waals surface area contributed by atoms with Crippen LogP contribution in [0.3, 0.4) is 0 Å². The first kappa shape index (κ1) is 8.74. The summed E-state index contributed by atoms with van der Waals surface area (Å²) in [5.41, 5.74) is -10.8. The number of nitrogens with one attached hydrogen (secondary N) is 2. The number of aromatic nitrogens is 1. The minimum Gasteiger partial charge on any atom is -0.508 e. The largest absolute Gasteiger partial charge is 0.508 e. The molecule has 5 heteroatoms. The molecule has 3 N–H and O–H groups in total. The smallest absolute Gasteiger partial charge is 0.261 e. The van der Waals surface area contributed by atoms with Crippen molar-refractivity contribution in [3.8, 4) is 5.75 Å². The Morgan fingerprint density at radius 1 is 1.07 bits per heavy atom. The number of aromatic hydroxyl groups is 1. The van der Waals surface area contributed by atoms with Gasteiger partial charge in [0.05, 0.1) is 0 Å². The molecular weight excluding hydrogens is 364 g/mol. The number of phenolic OH excluding ortho intramolecular Hbond substituents is 1. The number of phenols is 1. The van der Waals surface area contributed by atoms with E-state index in [1.807, 2.05) is 0 Å². The van der Waals surface area contributed by atoms with Crippen molar-refractivity contribution in [1.82, 2.24) is 4.98 Å². The number of para-hydroxylation sites is 1. The van der Waals surface area contributed by atoms with Gasteiger partial charge in [0.15, 0.2) is 0 Å². The Kier molecular flexibility index (Phi) is 2.13. The third-order valence-electron chi connectivity index (χ3n) is 4.36. The Labute approximate surface area is 191 Å². The van der Waals surface area contributed by atoms with Crippen LogP contribution in [-0.4, -0.2) is 16.0 Å². The molecule has 0 unspecified atom stereocenters. The van der Waals surface area contributed by atoms with Crippen LogP contribution in [0.5, 0.6) is 5.75 Å². The molecule has 0 spiro atoms. The maximum Gasteiger partial charge on any atom is 0.261 e. The first-order valence-electron chi connectivity index (χ1n) is 15.9. The molecule has 1 heterocycles. The minimum atomic E-state index is -3.90. The number of aromatic amines is 1. The van der Waals surface area contributed by atoms with Gasteiger partial charge in [0.1, 0.15) is 11.3 Å². The van der Waals surface area contributed by atoms with Crippen LogP contribution in [-0.2, 0) is 10.8 Å². The van der Waals surface area contributed by atoms with Crippen LogP contribution in [0.15, 0.2) is 47.4 Å². The predicted molar refractivity (Wildman–Crippen MR) is 118 cm³/mol. The number of pyridine rings is 1. The first-order chi connectivity index (χ1) is 19.6. The molecule has 0 saturated heterocycles. The van der Waals surface area contributed by atoms with E-state index in [2.05, 4.69) is 10.3 Å². The highest BCUT2D eigenvalue weighted by molar-refractivity contribution is 6.06. The average Bonchev–Trinajstić information content (AvgIpc) is 2.81. The number of anilines is 1. The summed E-state index contributed by atoms with van der Waals surface area (Å²) >= 11 is 0. The van der Waals surface area contributed by atoms with Crippen molar-refractivity contribution in [2.75, 3.05) is 5.32 Å². The third kappa shape index (κ3) is 4.04. The molecule has 3 aromatic rings. The number of benzene rings is 2. The van der Waals surface area contributed by atoms with Gasteiger partial charge in [-0.05, 0) is 40.2 Å². The van der Waals surface area contributed by atoms with Crippen LogP contribution in [0, 0.1) is 0 Å². The molecule has 0 radical (unpaired) electrons. The minimum absolute atomic E-state index is 0.0891. The van der Waals surface area contributed by atoms with Crippen molar-refractivity contribution in [2.24, 2.45) is 0 Å². The van der Waals surface area contributed by atoms with Crippen molar-refractivity contribution in [2.45, 2.75) is 52.0 Å². The van der Waals surface area contributed by atoms with Gasteiger partial charge in [0.2, 0.25) is 5.43 Å². The number of carbonyl (C=O) groups excluding carboxylic acids is 1. The highest BCUT2D eigenvalue weighted by atomic mass is 16.3. The molecule has 0 saturated carbocycles. The van der Waals surface area contributed by atoms with Gasteiger partial charge in [-0.25, -0.2) is 0 Å². The summed E-state index contributed by atoms with van der Waals surface area (Å²) in [7, 11) is 0. The van der Waals surface area contributed by atoms with Crippen molar-refractivity contribution < 1.29 is 30.5 Å². The fourth-order valence-electron chi connectivity index (χ4n) is 2.93. The Morgan fingerprint density at radius 3 is 2.45 bits per heavy atom. The molecule has 152 valence electrons. The summed E-state index contributed by atoms with van der Waals surface area (Å²) in [5.74, 6) is -2.52. The highest BCUT2D eigenvalue weighted by Crippen LogP contribution is 2.39. The quantitative estimate of drug-likeness (QED) is 0.554. The molecule has 0 aliphatic rings.